The average Bonchev–Trinajstić information content (AvgIpc) is 2.63. The third-order valence-corrected chi connectivity index (χ3v) is 6.02. The second-order valence-electron chi connectivity index (χ2n) is 7.83. The summed E-state index contributed by atoms with van der Waals surface area (Å²) >= 11 is 0. The number of benzene rings is 2. The van der Waals surface area contributed by atoms with Crippen LogP contribution in [0.25, 0.3) is 0 Å². The first-order chi connectivity index (χ1) is 13.5. The van der Waals surface area contributed by atoms with E-state index >= 15 is 0 Å². The van der Waals surface area contributed by atoms with Crippen molar-refractivity contribution in [2.45, 2.75) is 62.9 Å². The highest BCUT2D eigenvalue weighted by atomic mass is 19.3. The number of hydrogen-bond acceptors (Lipinski definition) is 3. The van der Waals surface area contributed by atoms with Crippen LogP contribution in [0.15, 0.2) is 48.5 Å². The maximum atomic E-state index is 14.7. The van der Waals surface area contributed by atoms with Crippen molar-refractivity contribution in [2.75, 3.05) is 0 Å². The van der Waals surface area contributed by atoms with Gasteiger partial charge in [0, 0.05) is 18.6 Å². The van der Waals surface area contributed by atoms with Crippen LogP contribution < -0.4 is 4.74 Å². The molecule has 6 heteroatoms. The largest absolute Gasteiger partial charge is 0.434 e. The summed E-state index contributed by atoms with van der Waals surface area (Å²) < 4.78 is 44.8. The molecule has 2 heterocycles. The molecule has 4 rings (SSSR count). The lowest BCUT2D eigenvalue weighted by atomic mass is 9.72. The molecule has 28 heavy (non-hydrogen) atoms. The Balaban J connectivity index is 1.63. The van der Waals surface area contributed by atoms with E-state index in [1.807, 2.05) is 18.2 Å². The van der Waals surface area contributed by atoms with E-state index in [-0.39, 0.29) is 23.4 Å². The highest BCUT2D eigenvalue weighted by molar-refractivity contribution is 5.40. The molecule has 0 spiro atoms. The fraction of sp³-hybridized carbons (Fsp3) is 0.455. The number of aliphatic hydroxyl groups is 1. The highest BCUT2D eigenvalue weighted by Gasteiger charge is 2.48. The molecule has 2 aliphatic rings. The lowest BCUT2D eigenvalue weighted by molar-refractivity contribution is -0.106. The fourth-order valence-electron chi connectivity index (χ4n) is 4.93. The zero-order valence-electron chi connectivity index (χ0n) is 15.5. The molecule has 2 unspecified atom stereocenters. The van der Waals surface area contributed by atoms with Gasteiger partial charge in [-0.05, 0) is 43.4 Å². The number of hydrogen-bond donors (Lipinski definition) is 1. The van der Waals surface area contributed by atoms with Gasteiger partial charge in [-0.3, -0.25) is 4.90 Å². The van der Waals surface area contributed by atoms with E-state index in [0.717, 1.165) is 25.8 Å². The predicted molar refractivity (Wildman–Crippen MR) is 99.6 cm³/mol. The number of ether oxygens (including phenoxy) is 1. The Kier molecular flexibility index (Phi) is 5.34. The molecule has 150 valence electrons. The second-order valence-corrected chi connectivity index (χ2v) is 7.83. The molecule has 2 aromatic carbocycles. The quantitative estimate of drug-likeness (QED) is 0.792. The minimum atomic E-state index is -3.07. The average molecular weight is 391 g/mol. The molecule has 2 atom stereocenters. The number of nitrogens with zero attached hydrogens (tertiary/aromatic N) is 1. The standard InChI is InChI=1S/C22H24F3NO2/c23-18-10-5-11-19(28-21(24)25)20(18)22(27)12-16-8-4-9-17(13-22)26(16)14-15-6-2-1-3-7-15/h1-3,5-7,10-11,16-17,21,27H,4,8-9,12-14H2. The van der Waals surface area contributed by atoms with Gasteiger partial charge in [0.15, 0.2) is 0 Å². The first kappa shape index (κ1) is 19.3. The molecular formula is C22H24F3NO2. The Morgan fingerprint density at radius 3 is 2.36 bits per heavy atom. The molecule has 2 bridgehead atoms. The Hall–Kier alpha value is -2.05. The third-order valence-electron chi connectivity index (χ3n) is 6.02. The van der Waals surface area contributed by atoms with Crippen molar-refractivity contribution in [3.63, 3.8) is 0 Å². The molecule has 2 saturated heterocycles. The normalized spacial score (nSPS) is 27.8. The molecule has 1 N–H and O–H groups in total. The van der Waals surface area contributed by atoms with Crippen LogP contribution in [0, 0.1) is 5.82 Å². The van der Waals surface area contributed by atoms with Crippen molar-refractivity contribution in [3.8, 4) is 5.75 Å². The van der Waals surface area contributed by atoms with Crippen molar-refractivity contribution in [3.05, 3.63) is 65.5 Å². The summed E-state index contributed by atoms with van der Waals surface area (Å²) in [5, 5.41) is 11.4. The van der Waals surface area contributed by atoms with Gasteiger partial charge in [0.05, 0.1) is 11.2 Å². The first-order valence-corrected chi connectivity index (χ1v) is 9.72. The van der Waals surface area contributed by atoms with Crippen LogP contribution in [0.5, 0.6) is 5.75 Å². The van der Waals surface area contributed by atoms with Crippen LogP contribution in [-0.2, 0) is 12.1 Å². The molecule has 0 amide bonds. The summed E-state index contributed by atoms with van der Waals surface area (Å²) in [7, 11) is 0. The van der Waals surface area contributed by atoms with E-state index in [9.17, 15) is 18.3 Å². The Bertz CT molecular complexity index is 801. The molecule has 2 aromatic rings. The molecule has 0 saturated carbocycles. The van der Waals surface area contributed by atoms with Crippen molar-refractivity contribution in [2.24, 2.45) is 0 Å². The Morgan fingerprint density at radius 2 is 1.71 bits per heavy atom. The topological polar surface area (TPSA) is 32.7 Å². The summed E-state index contributed by atoms with van der Waals surface area (Å²) in [5.41, 5.74) is -0.456. The minimum absolute atomic E-state index is 0.0664. The summed E-state index contributed by atoms with van der Waals surface area (Å²) in [6.07, 6.45) is 3.44. The molecule has 0 aliphatic carbocycles. The van der Waals surface area contributed by atoms with Gasteiger partial charge in [-0.15, -0.1) is 0 Å². The van der Waals surface area contributed by atoms with Gasteiger partial charge in [-0.2, -0.15) is 8.78 Å². The summed E-state index contributed by atoms with van der Waals surface area (Å²) in [6.45, 7) is -2.30. The fourth-order valence-corrected chi connectivity index (χ4v) is 4.93. The van der Waals surface area contributed by atoms with Gasteiger partial charge in [-0.1, -0.05) is 42.8 Å². The number of rotatable bonds is 5. The van der Waals surface area contributed by atoms with Crippen LogP contribution >= 0.6 is 0 Å². The number of alkyl halides is 2. The zero-order valence-corrected chi connectivity index (χ0v) is 15.5. The minimum Gasteiger partial charge on any atom is -0.434 e. The molecule has 0 aromatic heterocycles. The number of piperidine rings is 2. The van der Waals surface area contributed by atoms with Gasteiger partial charge >= 0.3 is 6.61 Å². The highest BCUT2D eigenvalue weighted by Crippen LogP contribution is 2.48. The van der Waals surface area contributed by atoms with Gasteiger partial charge in [-0.25, -0.2) is 4.39 Å². The van der Waals surface area contributed by atoms with Crippen molar-refractivity contribution in [1.82, 2.24) is 4.90 Å². The monoisotopic (exact) mass is 391 g/mol. The smallest absolute Gasteiger partial charge is 0.387 e. The first-order valence-electron chi connectivity index (χ1n) is 9.72. The summed E-state index contributed by atoms with van der Waals surface area (Å²) in [4.78, 5) is 2.38. The molecular weight excluding hydrogens is 367 g/mol. The van der Waals surface area contributed by atoms with E-state index in [1.54, 1.807) is 0 Å². The Labute approximate surface area is 162 Å². The maximum Gasteiger partial charge on any atom is 0.387 e. The van der Waals surface area contributed by atoms with E-state index < -0.39 is 18.0 Å². The van der Waals surface area contributed by atoms with Gasteiger partial charge in [0.25, 0.3) is 0 Å². The SMILES string of the molecule is OC1(c2c(F)cccc2OC(F)F)CC2CCCC(C1)N2Cc1ccccc1. The van der Waals surface area contributed by atoms with E-state index in [2.05, 4.69) is 21.8 Å². The lowest BCUT2D eigenvalue weighted by Gasteiger charge is -2.52. The molecule has 0 radical (unpaired) electrons. The van der Waals surface area contributed by atoms with Crippen LogP contribution in [0.3, 0.4) is 0 Å². The van der Waals surface area contributed by atoms with Gasteiger partial charge in [0.2, 0.25) is 0 Å². The molecule has 2 aliphatic heterocycles. The lowest BCUT2D eigenvalue weighted by Crippen LogP contribution is -2.56. The van der Waals surface area contributed by atoms with Crippen molar-refractivity contribution in [1.29, 1.82) is 0 Å². The number of fused-ring (bicyclic) bond motifs is 2. The molecule has 3 nitrogen and oxygen atoms in total. The maximum absolute atomic E-state index is 14.7. The van der Waals surface area contributed by atoms with Crippen LogP contribution in [-0.4, -0.2) is 28.7 Å². The van der Waals surface area contributed by atoms with Crippen molar-refractivity contribution >= 4 is 0 Å². The van der Waals surface area contributed by atoms with Crippen LogP contribution in [0.1, 0.15) is 43.2 Å². The van der Waals surface area contributed by atoms with E-state index in [1.165, 1.54) is 23.8 Å². The van der Waals surface area contributed by atoms with Crippen LogP contribution in [0.4, 0.5) is 13.2 Å². The van der Waals surface area contributed by atoms with E-state index in [4.69, 9.17) is 0 Å². The second kappa shape index (κ2) is 7.76. The van der Waals surface area contributed by atoms with Gasteiger partial charge < -0.3 is 9.84 Å². The van der Waals surface area contributed by atoms with Crippen molar-refractivity contribution < 1.29 is 23.0 Å². The van der Waals surface area contributed by atoms with Gasteiger partial charge in [0.1, 0.15) is 11.6 Å². The summed E-state index contributed by atoms with van der Waals surface area (Å²) in [6, 6.07) is 14.1. The predicted octanol–water partition coefficient (Wildman–Crippen LogP) is 4.83. The third kappa shape index (κ3) is 3.76. The van der Waals surface area contributed by atoms with E-state index in [0.29, 0.717) is 12.8 Å². The molecule has 2 fully saturated rings. The van der Waals surface area contributed by atoms with Crippen LogP contribution in [0.2, 0.25) is 0 Å². The summed E-state index contributed by atoms with van der Waals surface area (Å²) in [5.74, 6) is -0.970. The zero-order chi connectivity index (χ0) is 19.7. The number of halogens is 3. The Morgan fingerprint density at radius 1 is 1.04 bits per heavy atom.